The Balaban J connectivity index is 1.56. The van der Waals surface area contributed by atoms with Crippen molar-refractivity contribution in [3.63, 3.8) is 0 Å². The lowest BCUT2D eigenvalue weighted by Crippen LogP contribution is -2.20. The van der Waals surface area contributed by atoms with E-state index in [1.165, 1.54) is 0 Å². The second kappa shape index (κ2) is 11.1. The molecule has 176 valence electrons. The third-order valence-electron chi connectivity index (χ3n) is 4.94. The number of allylic oxidation sites excluding steroid dienone is 1. The summed E-state index contributed by atoms with van der Waals surface area (Å²) in [6, 6.07) is 20.7. The van der Waals surface area contributed by atoms with Gasteiger partial charge in [-0.25, -0.2) is 4.98 Å². The number of ether oxygens (including phenoxy) is 2. The van der Waals surface area contributed by atoms with Gasteiger partial charge in [0.15, 0.2) is 23.7 Å². The molecule has 0 unspecified atom stereocenters. The van der Waals surface area contributed by atoms with Crippen LogP contribution in [0.3, 0.4) is 0 Å². The molecule has 0 saturated carbocycles. The largest absolute Gasteiger partial charge is 0.490 e. The number of nitrogens with one attached hydrogen (secondary N) is 1. The Morgan fingerprint density at radius 3 is 2.74 bits per heavy atom. The van der Waals surface area contributed by atoms with E-state index in [0.29, 0.717) is 40.5 Å². The standard InChI is InChI=1S/C27H22IN3O4/c1-3-33-24-14-18(12-19(15-29)27-31-22-9-4-5-10-23(22)35-27)13-21(28)26(24)34-16-25(32)30-20-8-6-7-17(2)11-20/h4-14H,3,16H2,1-2H3,(H,30,32)/b19-12+. The predicted molar refractivity (Wildman–Crippen MR) is 143 cm³/mol. The number of carbonyl (C=O) groups is 1. The van der Waals surface area contributed by atoms with Crippen molar-refractivity contribution in [1.29, 1.82) is 5.26 Å². The van der Waals surface area contributed by atoms with Crippen LogP contribution in [0.1, 0.15) is 23.9 Å². The highest BCUT2D eigenvalue weighted by molar-refractivity contribution is 14.1. The van der Waals surface area contributed by atoms with E-state index in [-0.39, 0.29) is 24.0 Å². The third-order valence-corrected chi connectivity index (χ3v) is 5.74. The minimum Gasteiger partial charge on any atom is -0.490 e. The summed E-state index contributed by atoms with van der Waals surface area (Å²) in [4.78, 5) is 16.8. The zero-order chi connectivity index (χ0) is 24.8. The summed E-state index contributed by atoms with van der Waals surface area (Å²) in [7, 11) is 0. The molecule has 0 aliphatic rings. The Hall–Kier alpha value is -3.84. The molecule has 0 fully saturated rings. The van der Waals surface area contributed by atoms with Crippen molar-refractivity contribution in [1.82, 2.24) is 4.98 Å². The predicted octanol–water partition coefficient (Wildman–Crippen LogP) is 6.22. The summed E-state index contributed by atoms with van der Waals surface area (Å²) in [6.45, 7) is 4.06. The molecule has 1 heterocycles. The van der Waals surface area contributed by atoms with Gasteiger partial charge in [0, 0.05) is 5.69 Å². The van der Waals surface area contributed by atoms with Crippen LogP contribution in [0.5, 0.6) is 11.5 Å². The van der Waals surface area contributed by atoms with Gasteiger partial charge in [-0.3, -0.25) is 4.79 Å². The lowest BCUT2D eigenvalue weighted by Gasteiger charge is -2.15. The molecular weight excluding hydrogens is 557 g/mol. The van der Waals surface area contributed by atoms with E-state index in [9.17, 15) is 10.1 Å². The average molecular weight is 579 g/mol. The maximum absolute atomic E-state index is 12.4. The van der Waals surface area contributed by atoms with Crippen LogP contribution in [0.2, 0.25) is 0 Å². The molecule has 0 spiro atoms. The number of hydrogen-bond acceptors (Lipinski definition) is 6. The molecule has 8 heteroatoms. The minimum atomic E-state index is -0.277. The zero-order valence-corrected chi connectivity index (χ0v) is 21.3. The number of carbonyl (C=O) groups excluding carboxylic acids is 1. The number of nitriles is 1. The fraction of sp³-hybridized carbons (Fsp3) is 0.148. The van der Waals surface area contributed by atoms with Crippen molar-refractivity contribution < 1.29 is 18.7 Å². The molecule has 4 rings (SSSR count). The van der Waals surface area contributed by atoms with Crippen LogP contribution < -0.4 is 14.8 Å². The summed E-state index contributed by atoms with van der Waals surface area (Å²) in [5.74, 6) is 0.906. The van der Waals surface area contributed by atoms with Gasteiger partial charge in [0.05, 0.1) is 10.2 Å². The fourth-order valence-corrected chi connectivity index (χ4v) is 4.21. The molecule has 3 aromatic carbocycles. The maximum atomic E-state index is 12.4. The molecule has 7 nitrogen and oxygen atoms in total. The van der Waals surface area contributed by atoms with E-state index < -0.39 is 0 Å². The molecule has 4 aromatic rings. The number of aromatic nitrogens is 1. The first-order valence-electron chi connectivity index (χ1n) is 10.9. The summed E-state index contributed by atoms with van der Waals surface area (Å²) < 4.78 is 18.1. The monoisotopic (exact) mass is 579 g/mol. The zero-order valence-electron chi connectivity index (χ0n) is 19.2. The third kappa shape index (κ3) is 6.00. The van der Waals surface area contributed by atoms with E-state index in [1.54, 1.807) is 18.2 Å². The number of halogens is 1. The van der Waals surface area contributed by atoms with Crippen LogP contribution in [0, 0.1) is 21.8 Å². The Morgan fingerprint density at radius 1 is 1.17 bits per heavy atom. The number of aryl methyl sites for hydroxylation is 1. The molecular formula is C27H22IN3O4. The first kappa shape index (κ1) is 24.3. The van der Waals surface area contributed by atoms with Crippen LogP contribution in [0.4, 0.5) is 5.69 Å². The highest BCUT2D eigenvalue weighted by atomic mass is 127. The van der Waals surface area contributed by atoms with Crippen LogP contribution in [0.25, 0.3) is 22.7 Å². The molecule has 1 aromatic heterocycles. The molecule has 0 radical (unpaired) electrons. The Bertz CT molecular complexity index is 1420. The second-order valence-electron chi connectivity index (χ2n) is 7.63. The van der Waals surface area contributed by atoms with Crippen LogP contribution in [-0.4, -0.2) is 24.1 Å². The number of oxazole rings is 1. The Kier molecular flexibility index (Phi) is 7.67. The first-order chi connectivity index (χ1) is 17.0. The Labute approximate surface area is 216 Å². The quantitative estimate of drug-likeness (QED) is 0.197. The minimum absolute atomic E-state index is 0.175. The number of benzene rings is 3. The van der Waals surface area contributed by atoms with Gasteiger partial charge >= 0.3 is 0 Å². The van der Waals surface area contributed by atoms with E-state index >= 15 is 0 Å². The van der Waals surface area contributed by atoms with Gasteiger partial charge in [0.25, 0.3) is 5.91 Å². The maximum Gasteiger partial charge on any atom is 0.262 e. The van der Waals surface area contributed by atoms with Crippen LogP contribution in [-0.2, 0) is 4.79 Å². The number of nitrogens with zero attached hydrogens (tertiary/aromatic N) is 2. The highest BCUT2D eigenvalue weighted by Crippen LogP contribution is 2.35. The Morgan fingerprint density at radius 2 is 2.00 bits per heavy atom. The molecule has 1 amide bonds. The number of para-hydroxylation sites is 2. The van der Waals surface area contributed by atoms with Gasteiger partial charge in [-0.2, -0.15) is 5.26 Å². The number of amides is 1. The normalized spacial score (nSPS) is 11.2. The molecule has 35 heavy (non-hydrogen) atoms. The van der Waals surface area contributed by atoms with E-state index in [2.05, 4.69) is 39.0 Å². The summed E-state index contributed by atoms with van der Waals surface area (Å²) in [5.41, 5.74) is 4.05. The number of hydrogen-bond donors (Lipinski definition) is 1. The summed E-state index contributed by atoms with van der Waals surface area (Å²) in [6.07, 6.45) is 1.68. The fourth-order valence-electron chi connectivity index (χ4n) is 3.43. The van der Waals surface area contributed by atoms with Crippen molar-refractivity contribution >= 4 is 56.9 Å². The summed E-state index contributed by atoms with van der Waals surface area (Å²) >= 11 is 2.12. The molecule has 0 aliphatic heterocycles. The average Bonchev–Trinajstić information content (AvgIpc) is 3.26. The topological polar surface area (TPSA) is 97.4 Å². The number of fused-ring (bicyclic) bond motifs is 1. The van der Waals surface area contributed by atoms with Gasteiger partial charge < -0.3 is 19.2 Å². The van der Waals surface area contributed by atoms with Gasteiger partial charge in [0.2, 0.25) is 5.89 Å². The second-order valence-corrected chi connectivity index (χ2v) is 8.79. The van der Waals surface area contributed by atoms with Crippen molar-refractivity contribution in [2.24, 2.45) is 0 Å². The SMILES string of the molecule is CCOc1cc(/C=C(\C#N)c2nc3ccccc3o2)cc(I)c1OCC(=O)Nc1cccc(C)c1. The number of rotatable bonds is 8. The molecule has 1 N–H and O–H groups in total. The highest BCUT2D eigenvalue weighted by Gasteiger charge is 2.16. The van der Waals surface area contributed by atoms with Crippen molar-refractivity contribution in [3.8, 4) is 17.6 Å². The van der Waals surface area contributed by atoms with Crippen molar-refractivity contribution in [2.75, 3.05) is 18.5 Å². The van der Waals surface area contributed by atoms with Crippen molar-refractivity contribution in [2.45, 2.75) is 13.8 Å². The van der Waals surface area contributed by atoms with E-state index in [1.807, 2.05) is 62.4 Å². The van der Waals surface area contributed by atoms with Crippen LogP contribution >= 0.6 is 22.6 Å². The van der Waals surface area contributed by atoms with Gasteiger partial charge in [-0.15, -0.1) is 0 Å². The van der Waals surface area contributed by atoms with E-state index in [0.717, 1.165) is 9.13 Å². The van der Waals surface area contributed by atoms with E-state index in [4.69, 9.17) is 13.9 Å². The van der Waals surface area contributed by atoms with Gasteiger partial charge in [0.1, 0.15) is 17.2 Å². The molecule has 0 bridgehead atoms. The van der Waals surface area contributed by atoms with Gasteiger partial charge in [-0.1, -0.05) is 24.3 Å². The molecule has 0 atom stereocenters. The lowest BCUT2D eigenvalue weighted by molar-refractivity contribution is -0.118. The summed E-state index contributed by atoms with van der Waals surface area (Å²) in [5, 5.41) is 12.6. The molecule has 0 aliphatic carbocycles. The lowest BCUT2D eigenvalue weighted by atomic mass is 10.1. The van der Waals surface area contributed by atoms with Gasteiger partial charge in [-0.05, 0) is 90.0 Å². The molecule has 0 saturated heterocycles. The first-order valence-corrected chi connectivity index (χ1v) is 12.0. The van der Waals surface area contributed by atoms with Crippen LogP contribution in [0.15, 0.2) is 65.1 Å². The smallest absolute Gasteiger partial charge is 0.262 e. The number of anilines is 1. The van der Waals surface area contributed by atoms with Crippen molar-refractivity contribution in [3.05, 3.63) is 81.3 Å².